The number of rotatable bonds is 2. The van der Waals surface area contributed by atoms with E-state index >= 15 is 0 Å². The molecular formula is C6H6BrN5. The highest BCUT2D eigenvalue weighted by molar-refractivity contribution is 9.10. The summed E-state index contributed by atoms with van der Waals surface area (Å²) in [6.07, 6.45) is 3.13. The molecule has 0 aliphatic carbocycles. The van der Waals surface area contributed by atoms with E-state index < -0.39 is 0 Å². The van der Waals surface area contributed by atoms with Gasteiger partial charge in [0.25, 0.3) is 0 Å². The second-order valence-electron chi connectivity index (χ2n) is 1.85. The van der Waals surface area contributed by atoms with Crippen LogP contribution in [0.3, 0.4) is 0 Å². The standard InChI is InChI=1S/C6H6BrN5/c7-5-1-2-6(9-3-5)4-10-12-11-8/h1-4H,(H2,8,12)/b10-4+. The van der Waals surface area contributed by atoms with Gasteiger partial charge in [-0.05, 0) is 33.3 Å². The molecule has 1 rings (SSSR count). The van der Waals surface area contributed by atoms with Gasteiger partial charge < -0.3 is 5.84 Å². The second kappa shape index (κ2) is 4.55. The van der Waals surface area contributed by atoms with Gasteiger partial charge in [0.1, 0.15) is 0 Å². The lowest BCUT2D eigenvalue weighted by atomic mass is 10.4. The van der Waals surface area contributed by atoms with Crippen molar-refractivity contribution < 1.29 is 0 Å². The van der Waals surface area contributed by atoms with Crippen LogP contribution in [0.4, 0.5) is 0 Å². The fourth-order valence-electron chi connectivity index (χ4n) is 0.578. The summed E-state index contributed by atoms with van der Waals surface area (Å²) in [7, 11) is 0. The number of hydrogen-bond donors (Lipinski definition) is 1. The topological polar surface area (TPSA) is 76.0 Å². The molecule has 0 aliphatic rings. The van der Waals surface area contributed by atoms with Gasteiger partial charge in [-0.3, -0.25) is 4.98 Å². The molecule has 1 aromatic rings. The molecule has 0 amide bonds. The van der Waals surface area contributed by atoms with Gasteiger partial charge in [0.05, 0.1) is 11.9 Å². The minimum Gasteiger partial charge on any atom is -0.303 e. The number of pyridine rings is 1. The largest absolute Gasteiger partial charge is 0.303 e. The average molecular weight is 228 g/mol. The Morgan fingerprint density at radius 2 is 2.33 bits per heavy atom. The van der Waals surface area contributed by atoms with Crippen LogP contribution in [0.15, 0.2) is 38.4 Å². The molecule has 6 heteroatoms. The Kier molecular flexibility index (Phi) is 3.34. The zero-order valence-corrected chi connectivity index (χ0v) is 7.64. The average Bonchev–Trinajstić information content (AvgIpc) is 2.09. The predicted molar refractivity (Wildman–Crippen MR) is 48.6 cm³/mol. The molecule has 0 saturated carbocycles. The summed E-state index contributed by atoms with van der Waals surface area (Å²) in [5.74, 6) is 4.73. The maximum Gasteiger partial charge on any atom is 0.0832 e. The normalized spacial score (nSPS) is 11.4. The zero-order chi connectivity index (χ0) is 8.81. The molecule has 2 N–H and O–H groups in total. The SMILES string of the molecule is N/N=N\N=C\c1ccc(Br)cn1. The summed E-state index contributed by atoms with van der Waals surface area (Å²) < 4.78 is 0.917. The third-order valence-electron chi connectivity index (χ3n) is 1.04. The van der Waals surface area contributed by atoms with Crippen LogP contribution in [-0.4, -0.2) is 11.2 Å². The van der Waals surface area contributed by atoms with Crippen LogP contribution in [0.2, 0.25) is 0 Å². The molecule has 62 valence electrons. The lowest BCUT2D eigenvalue weighted by Crippen LogP contribution is -1.84. The molecule has 0 aliphatic heterocycles. The molecule has 0 radical (unpaired) electrons. The molecule has 1 heterocycles. The fourth-order valence-corrected chi connectivity index (χ4v) is 0.813. The molecule has 0 saturated heterocycles. The van der Waals surface area contributed by atoms with Crippen molar-refractivity contribution in [3.05, 3.63) is 28.5 Å². The Balaban J connectivity index is 2.70. The minimum absolute atomic E-state index is 0.700. The van der Waals surface area contributed by atoms with Gasteiger partial charge >= 0.3 is 0 Å². The van der Waals surface area contributed by atoms with E-state index in [0.717, 1.165) is 4.47 Å². The van der Waals surface area contributed by atoms with Crippen LogP contribution >= 0.6 is 15.9 Å². The number of hydrogen-bond acceptors (Lipinski definition) is 3. The minimum atomic E-state index is 0.700. The zero-order valence-electron chi connectivity index (χ0n) is 6.05. The third-order valence-corrected chi connectivity index (χ3v) is 1.51. The van der Waals surface area contributed by atoms with E-state index in [-0.39, 0.29) is 0 Å². The van der Waals surface area contributed by atoms with E-state index in [1.807, 2.05) is 6.07 Å². The molecule has 0 fully saturated rings. The summed E-state index contributed by atoms with van der Waals surface area (Å²) in [6, 6.07) is 3.65. The molecule has 0 unspecified atom stereocenters. The molecule has 0 aromatic carbocycles. The van der Waals surface area contributed by atoms with Crippen molar-refractivity contribution >= 4 is 22.1 Å². The first kappa shape index (κ1) is 8.79. The van der Waals surface area contributed by atoms with Crippen molar-refractivity contribution in [3.63, 3.8) is 0 Å². The van der Waals surface area contributed by atoms with Gasteiger partial charge in [-0.2, -0.15) is 0 Å². The van der Waals surface area contributed by atoms with Crippen molar-refractivity contribution in [2.24, 2.45) is 21.4 Å². The van der Waals surface area contributed by atoms with Gasteiger partial charge in [0.2, 0.25) is 0 Å². The summed E-state index contributed by atoms with van der Waals surface area (Å²) in [4.78, 5) is 4.01. The van der Waals surface area contributed by atoms with Crippen LogP contribution in [0.1, 0.15) is 5.69 Å². The molecule has 0 spiro atoms. The smallest absolute Gasteiger partial charge is 0.0832 e. The molecular weight excluding hydrogens is 222 g/mol. The van der Waals surface area contributed by atoms with Crippen LogP contribution in [0, 0.1) is 0 Å². The first-order valence-corrected chi connectivity index (χ1v) is 3.87. The van der Waals surface area contributed by atoms with E-state index in [1.165, 1.54) is 6.21 Å². The first-order chi connectivity index (χ1) is 5.83. The van der Waals surface area contributed by atoms with E-state index in [4.69, 9.17) is 5.84 Å². The Morgan fingerprint density at radius 1 is 1.50 bits per heavy atom. The molecule has 5 nitrogen and oxygen atoms in total. The maximum absolute atomic E-state index is 4.73. The Labute approximate surface area is 77.5 Å². The van der Waals surface area contributed by atoms with Crippen molar-refractivity contribution in [2.45, 2.75) is 0 Å². The monoisotopic (exact) mass is 227 g/mol. The number of nitrogens with two attached hydrogens (primary N) is 1. The highest BCUT2D eigenvalue weighted by Crippen LogP contribution is 2.05. The second-order valence-corrected chi connectivity index (χ2v) is 2.77. The van der Waals surface area contributed by atoms with Gasteiger partial charge in [-0.1, -0.05) is 5.22 Å². The van der Waals surface area contributed by atoms with E-state index in [0.29, 0.717) is 5.69 Å². The quantitative estimate of drug-likeness (QED) is 0.360. The maximum atomic E-state index is 4.73. The molecule has 0 atom stereocenters. The van der Waals surface area contributed by atoms with Crippen LogP contribution < -0.4 is 5.84 Å². The first-order valence-electron chi connectivity index (χ1n) is 3.08. The Bertz CT molecular complexity index is 291. The van der Waals surface area contributed by atoms with Crippen LogP contribution in [0.5, 0.6) is 0 Å². The lowest BCUT2D eigenvalue weighted by molar-refractivity contribution is 0.959. The van der Waals surface area contributed by atoms with Gasteiger partial charge in [-0.25, -0.2) is 0 Å². The van der Waals surface area contributed by atoms with Crippen molar-refractivity contribution in [3.8, 4) is 0 Å². The molecule has 1 aromatic heterocycles. The van der Waals surface area contributed by atoms with E-state index in [2.05, 4.69) is 36.5 Å². The molecule has 0 bridgehead atoms. The van der Waals surface area contributed by atoms with Crippen molar-refractivity contribution in [1.82, 2.24) is 4.98 Å². The lowest BCUT2D eigenvalue weighted by Gasteiger charge is -1.89. The Morgan fingerprint density at radius 3 is 2.92 bits per heavy atom. The van der Waals surface area contributed by atoms with Crippen molar-refractivity contribution in [2.75, 3.05) is 0 Å². The van der Waals surface area contributed by atoms with Crippen molar-refractivity contribution in [1.29, 1.82) is 0 Å². The fraction of sp³-hybridized carbons (Fsp3) is 0. The van der Waals surface area contributed by atoms with Crippen LogP contribution in [-0.2, 0) is 0 Å². The van der Waals surface area contributed by atoms with E-state index in [9.17, 15) is 0 Å². The van der Waals surface area contributed by atoms with Gasteiger partial charge in [0.15, 0.2) is 0 Å². The highest BCUT2D eigenvalue weighted by atomic mass is 79.9. The summed E-state index contributed by atoms with van der Waals surface area (Å²) in [5.41, 5.74) is 0.700. The summed E-state index contributed by atoms with van der Waals surface area (Å²) in [6.45, 7) is 0. The predicted octanol–water partition coefficient (Wildman–Crippen LogP) is 1.50. The van der Waals surface area contributed by atoms with Crippen LogP contribution in [0.25, 0.3) is 0 Å². The summed E-state index contributed by atoms with van der Waals surface area (Å²) in [5, 5.41) is 9.69. The highest BCUT2D eigenvalue weighted by Gasteiger charge is 1.88. The van der Waals surface area contributed by atoms with E-state index in [1.54, 1.807) is 12.3 Å². The Hall–Kier alpha value is -1.30. The molecule has 12 heavy (non-hydrogen) atoms. The number of halogens is 1. The summed E-state index contributed by atoms with van der Waals surface area (Å²) >= 11 is 3.26. The van der Waals surface area contributed by atoms with Gasteiger partial charge in [0, 0.05) is 10.7 Å². The number of aromatic nitrogens is 1. The number of nitrogens with zero attached hydrogens (tertiary/aromatic N) is 4. The van der Waals surface area contributed by atoms with Gasteiger partial charge in [-0.15, -0.1) is 5.10 Å². The third kappa shape index (κ3) is 2.75.